The van der Waals surface area contributed by atoms with E-state index >= 15 is 0 Å². The Morgan fingerprint density at radius 1 is 1.17 bits per heavy atom. The molecule has 0 atom stereocenters. The Kier molecular flexibility index (Phi) is 6.48. The van der Waals surface area contributed by atoms with Gasteiger partial charge in [0.15, 0.2) is 0 Å². The van der Waals surface area contributed by atoms with Crippen molar-refractivity contribution < 1.29 is 4.79 Å². The maximum Gasteiger partial charge on any atom is 0.224 e. The van der Waals surface area contributed by atoms with Crippen LogP contribution < -0.4 is 5.32 Å². The van der Waals surface area contributed by atoms with Crippen molar-refractivity contribution in [1.29, 1.82) is 0 Å². The van der Waals surface area contributed by atoms with Crippen molar-refractivity contribution in [2.75, 3.05) is 5.32 Å². The summed E-state index contributed by atoms with van der Waals surface area (Å²) in [6.07, 6.45) is 6.21. The van der Waals surface area contributed by atoms with Crippen LogP contribution in [0.4, 0.5) is 5.69 Å². The van der Waals surface area contributed by atoms with Crippen molar-refractivity contribution in [2.45, 2.75) is 59.3 Å². The number of carbonyl (C=O) groups excluding carboxylic acids is 1. The van der Waals surface area contributed by atoms with Crippen molar-refractivity contribution in [1.82, 2.24) is 0 Å². The molecule has 2 nitrogen and oxygen atoms in total. The van der Waals surface area contributed by atoms with E-state index in [-0.39, 0.29) is 5.91 Å². The molecule has 2 heteroatoms. The van der Waals surface area contributed by atoms with Crippen molar-refractivity contribution in [3.63, 3.8) is 0 Å². The third-order valence-corrected chi connectivity index (χ3v) is 3.19. The molecule has 1 aromatic carbocycles. The van der Waals surface area contributed by atoms with E-state index in [4.69, 9.17) is 0 Å². The summed E-state index contributed by atoms with van der Waals surface area (Å²) in [5.41, 5.74) is 3.58. The van der Waals surface area contributed by atoms with Gasteiger partial charge in [-0.1, -0.05) is 38.8 Å². The second kappa shape index (κ2) is 7.91. The molecule has 0 spiro atoms. The van der Waals surface area contributed by atoms with Crippen molar-refractivity contribution in [2.24, 2.45) is 0 Å². The largest absolute Gasteiger partial charge is 0.326 e. The molecule has 0 aliphatic carbocycles. The lowest BCUT2D eigenvalue weighted by Crippen LogP contribution is -2.12. The lowest BCUT2D eigenvalue weighted by atomic mass is 10.00. The minimum Gasteiger partial charge on any atom is -0.326 e. The normalized spacial score (nSPS) is 10.4. The van der Waals surface area contributed by atoms with Gasteiger partial charge in [-0.05, 0) is 43.4 Å². The number of carbonyl (C=O) groups is 1. The number of benzene rings is 1. The highest BCUT2D eigenvalue weighted by Crippen LogP contribution is 2.22. The first kappa shape index (κ1) is 14.7. The van der Waals surface area contributed by atoms with Gasteiger partial charge in [0.05, 0.1) is 0 Å². The highest BCUT2D eigenvalue weighted by molar-refractivity contribution is 5.91. The first-order chi connectivity index (χ1) is 8.69. The molecular weight excluding hydrogens is 222 g/mol. The van der Waals surface area contributed by atoms with Crippen molar-refractivity contribution in [3.05, 3.63) is 29.3 Å². The Morgan fingerprint density at radius 2 is 1.94 bits per heavy atom. The summed E-state index contributed by atoms with van der Waals surface area (Å²) in [5, 5.41) is 3.04. The van der Waals surface area contributed by atoms with Gasteiger partial charge in [-0.15, -0.1) is 0 Å². The van der Waals surface area contributed by atoms with E-state index in [2.05, 4.69) is 25.2 Å². The molecule has 0 unspecified atom stereocenters. The van der Waals surface area contributed by atoms with E-state index in [0.29, 0.717) is 6.42 Å². The second-order valence-electron chi connectivity index (χ2n) is 4.86. The molecule has 1 aromatic rings. The van der Waals surface area contributed by atoms with Crippen LogP contribution in [0, 0.1) is 6.92 Å². The first-order valence-electron chi connectivity index (χ1n) is 7.07. The number of hydrogen-bond donors (Lipinski definition) is 1. The van der Waals surface area contributed by atoms with Crippen LogP contribution in [0.15, 0.2) is 18.2 Å². The Morgan fingerprint density at radius 3 is 2.61 bits per heavy atom. The second-order valence-corrected chi connectivity index (χ2v) is 4.86. The van der Waals surface area contributed by atoms with Gasteiger partial charge in [0, 0.05) is 12.1 Å². The lowest BCUT2D eigenvalue weighted by Gasteiger charge is -2.13. The maximum absolute atomic E-state index is 11.7. The third-order valence-electron chi connectivity index (χ3n) is 3.19. The van der Waals surface area contributed by atoms with Gasteiger partial charge in [-0.3, -0.25) is 4.79 Å². The molecule has 1 amide bonds. The highest BCUT2D eigenvalue weighted by atomic mass is 16.1. The number of aryl methyl sites for hydroxylation is 1. The number of anilines is 1. The molecule has 0 aliphatic rings. The van der Waals surface area contributed by atoms with E-state index in [1.807, 2.05) is 19.1 Å². The summed E-state index contributed by atoms with van der Waals surface area (Å²) in [4.78, 5) is 11.7. The van der Waals surface area contributed by atoms with Crippen LogP contribution in [0.5, 0.6) is 0 Å². The summed E-state index contributed by atoms with van der Waals surface area (Å²) in [6, 6.07) is 6.15. The molecule has 100 valence electrons. The van der Waals surface area contributed by atoms with Gasteiger partial charge in [0.25, 0.3) is 0 Å². The lowest BCUT2D eigenvalue weighted by molar-refractivity contribution is -0.116. The standard InChI is InChI=1S/C16H25NO/c1-4-6-7-11-14-13(3)10-8-12-15(14)17-16(18)9-5-2/h8,10,12H,4-7,9,11H2,1-3H3,(H,17,18). The summed E-state index contributed by atoms with van der Waals surface area (Å²) < 4.78 is 0. The molecular formula is C16H25NO. The van der Waals surface area contributed by atoms with Crippen LogP contribution in [0.1, 0.15) is 57.1 Å². The number of hydrogen-bond acceptors (Lipinski definition) is 1. The molecule has 0 bridgehead atoms. The Bertz CT molecular complexity index is 385. The Balaban J connectivity index is 2.76. The van der Waals surface area contributed by atoms with Crippen LogP contribution in [-0.4, -0.2) is 5.91 Å². The molecule has 0 radical (unpaired) electrons. The summed E-state index contributed by atoms with van der Waals surface area (Å²) in [7, 11) is 0. The van der Waals surface area contributed by atoms with Crippen LogP contribution in [-0.2, 0) is 11.2 Å². The molecule has 0 fully saturated rings. The smallest absolute Gasteiger partial charge is 0.224 e. The average Bonchev–Trinajstić information content (AvgIpc) is 2.33. The molecule has 1 N–H and O–H groups in total. The van der Waals surface area contributed by atoms with Gasteiger partial charge >= 0.3 is 0 Å². The van der Waals surface area contributed by atoms with Crippen LogP contribution >= 0.6 is 0 Å². The summed E-state index contributed by atoms with van der Waals surface area (Å²) in [5.74, 6) is 0.125. The molecule has 0 aromatic heterocycles. The fourth-order valence-corrected chi connectivity index (χ4v) is 2.14. The van der Waals surface area contributed by atoms with E-state index in [1.165, 1.54) is 30.4 Å². The first-order valence-corrected chi connectivity index (χ1v) is 7.07. The van der Waals surface area contributed by atoms with Gasteiger partial charge in [0.1, 0.15) is 0 Å². The fourth-order valence-electron chi connectivity index (χ4n) is 2.14. The van der Waals surface area contributed by atoms with Crippen molar-refractivity contribution >= 4 is 11.6 Å². The van der Waals surface area contributed by atoms with Gasteiger partial charge in [-0.2, -0.15) is 0 Å². The number of unbranched alkanes of at least 4 members (excludes halogenated alkanes) is 2. The SMILES string of the molecule is CCCCCc1c(C)cccc1NC(=O)CCC. The highest BCUT2D eigenvalue weighted by Gasteiger charge is 2.08. The van der Waals surface area contributed by atoms with Crippen molar-refractivity contribution in [3.8, 4) is 0 Å². The molecule has 0 saturated heterocycles. The monoisotopic (exact) mass is 247 g/mol. The van der Waals surface area contributed by atoms with E-state index in [0.717, 1.165) is 18.5 Å². The molecule has 0 saturated carbocycles. The van der Waals surface area contributed by atoms with E-state index in [9.17, 15) is 4.79 Å². The third kappa shape index (κ3) is 4.52. The Labute approximate surface area is 111 Å². The Hall–Kier alpha value is -1.31. The number of nitrogens with one attached hydrogen (secondary N) is 1. The van der Waals surface area contributed by atoms with Crippen LogP contribution in [0.2, 0.25) is 0 Å². The molecule has 0 aliphatic heterocycles. The summed E-state index contributed by atoms with van der Waals surface area (Å²) >= 11 is 0. The zero-order valence-electron chi connectivity index (χ0n) is 11.9. The predicted molar refractivity (Wildman–Crippen MR) is 77.9 cm³/mol. The topological polar surface area (TPSA) is 29.1 Å². The zero-order valence-corrected chi connectivity index (χ0v) is 11.9. The zero-order chi connectivity index (χ0) is 13.4. The van der Waals surface area contributed by atoms with Gasteiger partial charge in [0.2, 0.25) is 5.91 Å². The van der Waals surface area contributed by atoms with Crippen LogP contribution in [0.25, 0.3) is 0 Å². The molecule has 0 heterocycles. The average molecular weight is 247 g/mol. The minimum atomic E-state index is 0.125. The quantitative estimate of drug-likeness (QED) is 0.708. The summed E-state index contributed by atoms with van der Waals surface area (Å²) in [6.45, 7) is 6.36. The van der Waals surface area contributed by atoms with Crippen LogP contribution in [0.3, 0.4) is 0 Å². The van der Waals surface area contributed by atoms with Gasteiger partial charge < -0.3 is 5.32 Å². The number of rotatable bonds is 7. The van der Waals surface area contributed by atoms with Gasteiger partial charge in [-0.25, -0.2) is 0 Å². The van der Waals surface area contributed by atoms with E-state index < -0.39 is 0 Å². The molecule has 18 heavy (non-hydrogen) atoms. The maximum atomic E-state index is 11.7. The number of amides is 1. The van der Waals surface area contributed by atoms with E-state index in [1.54, 1.807) is 0 Å². The fraction of sp³-hybridized carbons (Fsp3) is 0.562. The predicted octanol–water partition coefficient (Wildman–Crippen LogP) is 4.47. The molecule has 1 rings (SSSR count). The minimum absolute atomic E-state index is 0.125.